The van der Waals surface area contributed by atoms with Crippen LogP contribution < -0.4 is 11.0 Å². The predicted molar refractivity (Wildman–Crippen MR) is 119 cm³/mol. The summed E-state index contributed by atoms with van der Waals surface area (Å²) in [5.74, 6) is 0.345. The first-order valence-electron chi connectivity index (χ1n) is 9.47. The fraction of sp³-hybridized carbons (Fsp3) is 0.450. The summed E-state index contributed by atoms with van der Waals surface area (Å²) >= 11 is 12.0. The van der Waals surface area contributed by atoms with E-state index >= 15 is 0 Å². The number of imidazole rings is 1. The van der Waals surface area contributed by atoms with Gasteiger partial charge in [-0.2, -0.15) is 4.98 Å². The van der Waals surface area contributed by atoms with Crippen LogP contribution >= 0.6 is 23.2 Å². The number of aromatic nitrogens is 4. The normalized spacial score (nSPS) is 12.5. The van der Waals surface area contributed by atoms with Crippen molar-refractivity contribution in [1.29, 1.82) is 0 Å². The number of rotatable bonds is 7. The molecule has 0 atom stereocenters. The van der Waals surface area contributed by atoms with Crippen molar-refractivity contribution in [2.75, 3.05) is 5.32 Å². The number of hydrogen-bond acceptors (Lipinski definition) is 6. The second-order valence-electron chi connectivity index (χ2n) is 8.56. The van der Waals surface area contributed by atoms with Gasteiger partial charge in [0.1, 0.15) is 5.02 Å². The van der Waals surface area contributed by atoms with Gasteiger partial charge in [0.25, 0.3) is 0 Å². The summed E-state index contributed by atoms with van der Waals surface area (Å²) in [7, 11) is 0. The maximum Gasteiger partial charge on any atom is 0.329 e. The zero-order chi connectivity index (χ0) is 22.3. The number of aryl methyl sites for hydroxylation is 1. The van der Waals surface area contributed by atoms with Crippen LogP contribution in [0.15, 0.2) is 29.2 Å². The molecule has 0 unspecified atom stereocenters. The van der Waals surface area contributed by atoms with E-state index in [1.165, 1.54) is 10.8 Å². The highest BCUT2D eigenvalue weighted by Crippen LogP contribution is 2.27. The summed E-state index contributed by atoms with van der Waals surface area (Å²) in [5, 5.41) is 23.8. The van der Waals surface area contributed by atoms with Gasteiger partial charge in [-0.1, -0.05) is 11.6 Å². The molecule has 0 saturated carbocycles. The maximum absolute atomic E-state index is 13.1. The molecular weight excluding hydrogens is 429 g/mol. The first-order chi connectivity index (χ1) is 13.8. The van der Waals surface area contributed by atoms with Crippen molar-refractivity contribution in [3.8, 4) is 0 Å². The molecule has 1 aromatic carbocycles. The molecule has 2 aromatic heterocycles. The van der Waals surface area contributed by atoms with Crippen LogP contribution in [0.2, 0.25) is 10.3 Å². The Morgan fingerprint density at radius 2 is 1.77 bits per heavy atom. The monoisotopic (exact) mass is 453 g/mol. The van der Waals surface area contributed by atoms with Crippen LogP contribution in [0, 0.1) is 0 Å². The summed E-state index contributed by atoms with van der Waals surface area (Å²) in [5.41, 5.74) is -0.259. The molecule has 30 heavy (non-hydrogen) atoms. The number of benzene rings is 1. The van der Waals surface area contributed by atoms with Gasteiger partial charge in [-0.3, -0.25) is 9.13 Å². The Bertz CT molecular complexity index is 1130. The highest BCUT2D eigenvalue weighted by atomic mass is 35.5. The van der Waals surface area contributed by atoms with Crippen molar-refractivity contribution in [2.24, 2.45) is 0 Å². The number of anilines is 2. The van der Waals surface area contributed by atoms with Crippen molar-refractivity contribution in [1.82, 2.24) is 19.1 Å². The first kappa shape index (κ1) is 22.6. The molecule has 3 N–H and O–H groups in total. The Kier molecular flexibility index (Phi) is 6.15. The molecule has 0 aliphatic heterocycles. The third kappa shape index (κ3) is 5.31. The number of halogens is 2. The van der Waals surface area contributed by atoms with Crippen molar-refractivity contribution < 1.29 is 10.2 Å². The Morgan fingerprint density at radius 3 is 2.40 bits per heavy atom. The zero-order valence-electron chi connectivity index (χ0n) is 17.3. The van der Waals surface area contributed by atoms with Gasteiger partial charge < -0.3 is 15.5 Å². The average Bonchev–Trinajstić information content (AvgIpc) is 2.85. The molecule has 0 aliphatic carbocycles. The van der Waals surface area contributed by atoms with Crippen LogP contribution in [-0.2, 0) is 13.1 Å². The van der Waals surface area contributed by atoms with Gasteiger partial charge in [0, 0.05) is 12.2 Å². The second kappa shape index (κ2) is 8.19. The summed E-state index contributed by atoms with van der Waals surface area (Å²) < 4.78 is 3.14. The lowest BCUT2D eigenvalue weighted by molar-refractivity contribution is 0.0596. The molecular formula is C20H25Cl2N5O3. The quantitative estimate of drug-likeness (QED) is 0.472. The minimum Gasteiger partial charge on any atom is -0.390 e. The van der Waals surface area contributed by atoms with Crippen LogP contribution in [0.3, 0.4) is 0 Å². The van der Waals surface area contributed by atoms with Gasteiger partial charge in [0.05, 0.1) is 35.0 Å². The number of nitrogens with zero attached hydrogens (tertiary/aromatic N) is 4. The largest absolute Gasteiger partial charge is 0.390 e. The summed E-state index contributed by atoms with van der Waals surface area (Å²) in [6, 6.07) is 5.38. The van der Waals surface area contributed by atoms with Gasteiger partial charge in [-0.05, 0) is 63.9 Å². The van der Waals surface area contributed by atoms with E-state index in [1.807, 2.05) is 0 Å². The fourth-order valence-electron chi connectivity index (χ4n) is 3.11. The van der Waals surface area contributed by atoms with E-state index in [0.29, 0.717) is 40.5 Å². The highest BCUT2D eigenvalue weighted by molar-refractivity contribution is 6.33. The lowest BCUT2D eigenvalue weighted by atomic mass is 10.1. The molecule has 0 fully saturated rings. The fourth-order valence-corrected chi connectivity index (χ4v) is 3.38. The highest BCUT2D eigenvalue weighted by Gasteiger charge is 2.22. The molecule has 162 valence electrons. The summed E-state index contributed by atoms with van der Waals surface area (Å²) in [6.45, 7) is 7.15. The van der Waals surface area contributed by atoms with Crippen molar-refractivity contribution in [3.05, 3.63) is 45.2 Å². The molecule has 0 radical (unpaired) electrons. The summed E-state index contributed by atoms with van der Waals surface area (Å²) in [6.07, 6.45) is 1.79. The lowest BCUT2D eigenvalue weighted by Crippen LogP contribution is -2.34. The Hall–Kier alpha value is -2.13. The van der Waals surface area contributed by atoms with E-state index in [0.717, 1.165) is 0 Å². The molecule has 0 spiro atoms. The molecule has 8 nitrogen and oxygen atoms in total. The van der Waals surface area contributed by atoms with E-state index in [9.17, 15) is 15.0 Å². The first-order valence-corrected chi connectivity index (χ1v) is 10.2. The topological polar surface area (TPSA) is 105 Å². The predicted octanol–water partition coefficient (Wildman–Crippen LogP) is 3.58. The number of aliphatic hydroxyl groups is 2. The molecule has 2 heterocycles. The van der Waals surface area contributed by atoms with E-state index < -0.39 is 11.2 Å². The van der Waals surface area contributed by atoms with Crippen LogP contribution in [0.25, 0.3) is 11.0 Å². The van der Waals surface area contributed by atoms with Gasteiger partial charge in [0.2, 0.25) is 5.28 Å². The molecule has 10 heteroatoms. The van der Waals surface area contributed by atoms with Gasteiger partial charge >= 0.3 is 5.69 Å². The molecule has 0 aliphatic rings. The Labute approximate surface area is 184 Å². The standard InChI is InChI=1S/C20H25Cl2N5O3/c1-19(2,29)7-8-26-15-9-12(24-16-13(21)10-23-17(22)25-16)5-6-14(15)27(18(26)28)11-20(3,4)30/h5-6,9-10,29-30H,7-8,11H2,1-4H3,(H,23,24,25). The SMILES string of the molecule is CC(C)(O)CCn1c(=O)n(CC(C)(C)O)c2ccc(Nc3nc(Cl)ncc3Cl)cc21. The number of hydrogen-bond donors (Lipinski definition) is 3. The van der Waals surface area contributed by atoms with E-state index in [2.05, 4.69) is 15.3 Å². The van der Waals surface area contributed by atoms with Gasteiger partial charge in [0.15, 0.2) is 5.82 Å². The van der Waals surface area contributed by atoms with Crippen LogP contribution in [0.5, 0.6) is 0 Å². The molecule has 0 amide bonds. The van der Waals surface area contributed by atoms with E-state index in [-0.39, 0.29) is 17.5 Å². The minimum absolute atomic E-state index is 0.0568. The average molecular weight is 454 g/mol. The minimum atomic E-state index is -1.07. The number of fused-ring (bicyclic) bond motifs is 1. The van der Waals surface area contributed by atoms with Crippen LogP contribution in [0.1, 0.15) is 34.1 Å². The smallest absolute Gasteiger partial charge is 0.329 e. The zero-order valence-corrected chi connectivity index (χ0v) is 18.8. The van der Waals surface area contributed by atoms with Crippen molar-refractivity contribution in [3.63, 3.8) is 0 Å². The molecule has 3 aromatic rings. The van der Waals surface area contributed by atoms with E-state index in [1.54, 1.807) is 50.5 Å². The van der Waals surface area contributed by atoms with Crippen molar-refractivity contribution >= 4 is 45.7 Å². The van der Waals surface area contributed by atoms with Crippen LogP contribution in [-0.4, -0.2) is 40.5 Å². The molecule has 0 saturated heterocycles. The van der Waals surface area contributed by atoms with Gasteiger partial charge in [-0.15, -0.1) is 0 Å². The second-order valence-corrected chi connectivity index (χ2v) is 9.30. The Morgan fingerprint density at radius 1 is 1.07 bits per heavy atom. The van der Waals surface area contributed by atoms with Crippen molar-refractivity contribution in [2.45, 2.75) is 58.4 Å². The molecule has 0 bridgehead atoms. The van der Waals surface area contributed by atoms with Crippen LogP contribution in [0.4, 0.5) is 11.5 Å². The number of nitrogens with one attached hydrogen (secondary N) is 1. The lowest BCUT2D eigenvalue weighted by Gasteiger charge is -2.18. The molecule has 3 rings (SSSR count). The third-order valence-corrected chi connectivity index (χ3v) is 4.95. The summed E-state index contributed by atoms with van der Waals surface area (Å²) in [4.78, 5) is 21.0. The van der Waals surface area contributed by atoms with Gasteiger partial charge in [-0.25, -0.2) is 9.78 Å². The Balaban J connectivity index is 2.09. The third-order valence-electron chi connectivity index (χ3n) is 4.49. The van der Waals surface area contributed by atoms with E-state index in [4.69, 9.17) is 23.2 Å². The maximum atomic E-state index is 13.1.